The molecule has 0 atom stereocenters. The zero-order valence-electron chi connectivity index (χ0n) is 10.1. The summed E-state index contributed by atoms with van der Waals surface area (Å²) < 4.78 is 4.83. The lowest BCUT2D eigenvalue weighted by Gasteiger charge is -1.97. The van der Waals surface area contributed by atoms with Gasteiger partial charge >= 0.3 is 5.88 Å². The number of unbranched alkanes of at least 4 members (excludes halogenated alkanes) is 2. The molecule has 1 aromatic rings. The second-order valence-corrected chi connectivity index (χ2v) is 3.68. The van der Waals surface area contributed by atoms with Crippen molar-refractivity contribution in [3.8, 4) is 0 Å². The quantitative estimate of drug-likeness (QED) is 0.348. The number of nitro groups is 1. The van der Waals surface area contributed by atoms with Crippen LogP contribution in [0.2, 0.25) is 0 Å². The van der Waals surface area contributed by atoms with Crippen molar-refractivity contribution < 1.29 is 14.1 Å². The summed E-state index contributed by atoms with van der Waals surface area (Å²) in [7, 11) is 0. The van der Waals surface area contributed by atoms with Crippen LogP contribution < -0.4 is 5.43 Å². The van der Waals surface area contributed by atoms with Crippen LogP contribution in [0, 0.1) is 10.1 Å². The number of hydrogen-bond acceptors (Lipinski definition) is 5. The first-order valence-corrected chi connectivity index (χ1v) is 5.69. The van der Waals surface area contributed by atoms with Crippen molar-refractivity contribution >= 4 is 18.0 Å². The Morgan fingerprint density at radius 3 is 2.94 bits per heavy atom. The van der Waals surface area contributed by atoms with E-state index < -0.39 is 4.92 Å². The maximum absolute atomic E-state index is 11.3. The monoisotopic (exact) mass is 253 g/mol. The van der Waals surface area contributed by atoms with Gasteiger partial charge in [0.05, 0.1) is 12.3 Å². The molecule has 0 aliphatic carbocycles. The number of carbonyl (C=O) groups is 1. The van der Waals surface area contributed by atoms with Crippen molar-refractivity contribution in [1.29, 1.82) is 0 Å². The summed E-state index contributed by atoms with van der Waals surface area (Å²) in [5, 5.41) is 14.0. The Bertz CT molecular complexity index is 439. The summed E-state index contributed by atoms with van der Waals surface area (Å²) >= 11 is 0. The van der Waals surface area contributed by atoms with Crippen LogP contribution in [0.15, 0.2) is 21.7 Å². The maximum atomic E-state index is 11.3. The van der Waals surface area contributed by atoms with E-state index in [1.165, 1.54) is 18.3 Å². The Balaban J connectivity index is 2.35. The average molecular weight is 253 g/mol. The highest BCUT2D eigenvalue weighted by Crippen LogP contribution is 2.13. The van der Waals surface area contributed by atoms with Gasteiger partial charge in [-0.05, 0) is 12.5 Å². The molecule has 0 aliphatic heterocycles. The third-order valence-corrected chi connectivity index (χ3v) is 2.18. The molecule has 0 radical (unpaired) electrons. The fourth-order valence-corrected chi connectivity index (χ4v) is 1.27. The third kappa shape index (κ3) is 4.77. The van der Waals surface area contributed by atoms with Gasteiger partial charge in [-0.3, -0.25) is 14.9 Å². The second kappa shape index (κ2) is 7.21. The third-order valence-electron chi connectivity index (χ3n) is 2.18. The van der Waals surface area contributed by atoms with Crippen LogP contribution in [0.1, 0.15) is 38.4 Å². The molecular formula is C11H15N3O4. The number of furan rings is 1. The van der Waals surface area contributed by atoms with Crippen molar-refractivity contribution in [2.45, 2.75) is 32.6 Å². The van der Waals surface area contributed by atoms with Crippen LogP contribution >= 0.6 is 0 Å². The van der Waals surface area contributed by atoms with E-state index in [2.05, 4.69) is 17.5 Å². The molecule has 0 aromatic carbocycles. The van der Waals surface area contributed by atoms with Gasteiger partial charge in [-0.15, -0.1) is 0 Å². The second-order valence-electron chi connectivity index (χ2n) is 3.68. The first-order chi connectivity index (χ1) is 8.63. The molecule has 0 bridgehead atoms. The summed E-state index contributed by atoms with van der Waals surface area (Å²) in [6.45, 7) is 2.06. The Morgan fingerprint density at radius 2 is 2.33 bits per heavy atom. The molecule has 1 N–H and O–H groups in total. The maximum Gasteiger partial charge on any atom is 0.433 e. The van der Waals surface area contributed by atoms with Crippen molar-refractivity contribution in [1.82, 2.24) is 5.43 Å². The molecule has 0 saturated heterocycles. The zero-order chi connectivity index (χ0) is 13.4. The molecule has 98 valence electrons. The van der Waals surface area contributed by atoms with Crippen LogP contribution in [0.25, 0.3) is 0 Å². The van der Waals surface area contributed by atoms with Crippen molar-refractivity contribution in [2.24, 2.45) is 5.10 Å². The molecule has 7 nitrogen and oxygen atoms in total. The summed E-state index contributed by atoms with van der Waals surface area (Å²) in [4.78, 5) is 21.0. The van der Waals surface area contributed by atoms with Gasteiger partial charge in [-0.2, -0.15) is 5.10 Å². The molecule has 7 heteroatoms. The SMILES string of the molecule is CCCCCC(=O)N/N=C/c1ccc([N+](=O)[O-])o1. The fourth-order valence-electron chi connectivity index (χ4n) is 1.27. The summed E-state index contributed by atoms with van der Waals surface area (Å²) in [6.07, 6.45) is 4.52. The minimum atomic E-state index is -0.638. The molecule has 0 unspecified atom stereocenters. The minimum absolute atomic E-state index is 0.180. The van der Waals surface area contributed by atoms with E-state index in [1.807, 2.05) is 0 Å². The van der Waals surface area contributed by atoms with Gasteiger partial charge in [-0.1, -0.05) is 19.8 Å². The Hall–Kier alpha value is -2.18. The predicted octanol–water partition coefficient (Wildman–Crippen LogP) is 2.22. The first kappa shape index (κ1) is 13.9. The lowest BCUT2D eigenvalue weighted by molar-refractivity contribution is -0.402. The van der Waals surface area contributed by atoms with E-state index in [0.29, 0.717) is 6.42 Å². The van der Waals surface area contributed by atoms with Crippen LogP contribution in [0.3, 0.4) is 0 Å². The molecule has 0 spiro atoms. The number of nitrogens with zero attached hydrogens (tertiary/aromatic N) is 2. The fraction of sp³-hybridized carbons (Fsp3) is 0.455. The number of rotatable bonds is 7. The summed E-state index contributed by atoms with van der Waals surface area (Å²) in [6, 6.07) is 2.63. The Morgan fingerprint density at radius 1 is 1.56 bits per heavy atom. The van der Waals surface area contributed by atoms with Gasteiger partial charge in [0.1, 0.15) is 4.92 Å². The molecule has 0 saturated carbocycles. The highest BCUT2D eigenvalue weighted by molar-refractivity contribution is 5.80. The molecule has 1 heterocycles. The molecule has 1 rings (SSSR count). The van der Waals surface area contributed by atoms with Gasteiger partial charge in [-0.25, -0.2) is 5.43 Å². The predicted molar refractivity (Wildman–Crippen MR) is 65.2 cm³/mol. The normalized spacial score (nSPS) is 10.7. The van der Waals surface area contributed by atoms with Gasteiger partial charge < -0.3 is 4.42 Å². The molecule has 18 heavy (non-hydrogen) atoms. The number of amides is 1. The van der Waals surface area contributed by atoms with Crippen molar-refractivity contribution in [3.63, 3.8) is 0 Å². The lowest BCUT2D eigenvalue weighted by Crippen LogP contribution is -2.16. The van der Waals surface area contributed by atoms with Crippen LogP contribution in [-0.2, 0) is 4.79 Å². The smallest absolute Gasteiger partial charge is 0.400 e. The van der Waals surface area contributed by atoms with Gasteiger partial charge in [0.25, 0.3) is 0 Å². The molecule has 1 aromatic heterocycles. The standard InChI is InChI=1S/C11H15N3O4/c1-2-3-4-5-10(15)13-12-8-9-6-7-11(18-9)14(16)17/h6-8H,2-5H2,1H3,(H,13,15)/b12-8+. The van der Waals surface area contributed by atoms with E-state index in [9.17, 15) is 14.9 Å². The highest BCUT2D eigenvalue weighted by Gasteiger charge is 2.10. The van der Waals surface area contributed by atoms with E-state index in [1.54, 1.807) is 0 Å². The van der Waals surface area contributed by atoms with E-state index in [-0.39, 0.29) is 17.6 Å². The molecule has 0 aliphatic rings. The van der Waals surface area contributed by atoms with E-state index >= 15 is 0 Å². The van der Waals surface area contributed by atoms with Gasteiger partial charge in [0.2, 0.25) is 5.91 Å². The Labute approximate surface area is 104 Å². The van der Waals surface area contributed by atoms with Crippen molar-refractivity contribution in [3.05, 3.63) is 28.0 Å². The number of nitrogens with one attached hydrogen (secondary N) is 1. The van der Waals surface area contributed by atoms with Crippen LogP contribution in [0.4, 0.5) is 5.88 Å². The molecule has 1 amide bonds. The minimum Gasteiger partial charge on any atom is -0.400 e. The lowest BCUT2D eigenvalue weighted by atomic mass is 10.2. The zero-order valence-corrected chi connectivity index (χ0v) is 10.1. The summed E-state index contributed by atoms with van der Waals surface area (Å²) in [5.41, 5.74) is 2.33. The topological polar surface area (TPSA) is 97.7 Å². The van der Waals surface area contributed by atoms with E-state index in [4.69, 9.17) is 4.42 Å². The number of hydrogen-bond donors (Lipinski definition) is 1. The van der Waals surface area contributed by atoms with Gasteiger partial charge in [0.15, 0.2) is 5.76 Å². The van der Waals surface area contributed by atoms with E-state index in [0.717, 1.165) is 19.3 Å². The highest BCUT2D eigenvalue weighted by atomic mass is 16.6. The molecular weight excluding hydrogens is 238 g/mol. The summed E-state index contributed by atoms with van der Waals surface area (Å²) in [5.74, 6) is -0.318. The Kier molecular flexibility index (Phi) is 5.56. The molecule has 0 fully saturated rings. The van der Waals surface area contributed by atoms with Crippen LogP contribution in [0.5, 0.6) is 0 Å². The first-order valence-electron chi connectivity index (χ1n) is 5.69. The van der Waals surface area contributed by atoms with Crippen LogP contribution in [-0.4, -0.2) is 17.0 Å². The number of carbonyl (C=O) groups excluding carboxylic acids is 1. The average Bonchev–Trinajstić information content (AvgIpc) is 2.78. The largest absolute Gasteiger partial charge is 0.433 e. The van der Waals surface area contributed by atoms with Crippen molar-refractivity contribution in [2.75, 3.05) is 0 Å². The van der Waals surface area contributed by atoms with Gasteiger partial charge in [0, 0.05) is 6.42 Å². The number of hydrazone groups is 1.